The van der Waals surface area contributed by atoms with Gasteiger partial charge in [0.2, 0.25) is 0 Å². The largest absolute Gasteiger partial charge is 0.289 e. The average molecular weight is 286 g/mol. The van der Waals surface area contributed by atoms with Crippen LogP contribution in [-0.4, -0.2) is 5.78 Å². The molecule has 0 atom stereocenters. The van der Waals surface area contributed by atoms with Crippen LogP contribution in [0.25, 0.3) is 0 Å². The Balaban J connectivity index is 2.44. The zero-order valence-electron chi connectivity index (χ0n) is 8.85. The van der Waals surface area contributed by atoms with Crippen LogP contribution in [0.15, 0.2) is 53.0 Å². The van der Waals surface area contributed by atoms with Crippen LogP contribution in [0.3, 0.4) is 0 Å². The maximum Gasteiger partial charge on any atom is 0.194 e. The van der Waals surface area contributed by atoms with Gasteiger partial charge < -0.3 is 0 Å². The molecular weight excluding hydrogens is 278 g/mol. The summed E-state index contributed by atoms with van der Waals surface area (Å²) in [5.74, 6) is -0.130. The second kappa shape index (κ2) is 4.94. The minimum atomic E-state index is -0.130. The predicted molar refractivity (Wildman–Crippen MR) is 68.7 cm³/mol. The van der Waals surface area contributed by atoms with E-state index in [4.69, 9.17) is 5.26 Å². The van der Waals surface area contributed by atoms with Gasteiger partial charge in [-0.1, -0.05) is 28.1 Å². The summed E-state index contributed by atoms with van der Waals surface area (Å²) >= 11 is 3.32. The quantitative estimate of drug-likeness (QED) is 0.792. The molecule has 0 saturated carbocycles. The van der Waals surface area contributed by atoms with E-state index in [0.717, 1.165) is 4.47 Å². The smallest absolute Gasteiger partial charge is 0.194 e. The molecular formula is C14H8BrNO. The van der Waals surface area contributed by atoms with Crippen LogP contribution in [0.2, 0.25) is 0 Å². The molecule has 0 spiro atoms. The number of carbonyl (C=O) groups excluding carboxylic acids is 1. The van der Waals surface area contributed by atoms with Crippen LogP contribution in [0.1, 0.15) is 21.5 Å². The summed E-state index contributed by atoms with van der Waals surface area (Å²) in [7, 11) is 0. The van der Waals surface area contributed by atoms with Gasteiger partial charge in [-0.15, -0.1) is 0 Å². The molecule has 0 radical (unpaired) electrons. The van der Waals surface area contributed by atoms with E-state index in [9.17, 15) is 4.79 Å². The van der Waals surface area contributed by atoms with E-state index < -0.39 is 0 Å². The topological polar surface area (TPSA) is 40.9 Å². The Bertz CT molecular complexity index is 596. The number of hydrogen-bond acceptors (Lipinski definition) is 2. The summed E-state index contributed by atoms with van der Waals surface area (Å²) in [6.07, 6.45) is 0. The Morgan fingerprint density at radius 3 is 2.35 bits per heavy atom. The molecule has 17 heavy (non-hydrogen) atoms. The monoisotopic (exact) mass is 285 g/mol. The van der Waals surface area contributed by atoms with Gasteiger partial charge >= 0.3 is 0 Å². The highest BCUT2D eigenvalue weighted by Gasteiger charge is 2.12. The fraction of sp³-hybridized carbons (Fsp3) is 0. The lowest BCUT2D eigenvalue weighted by Gasteiger charge is -2.03. The highest BCUT2D eigenvalue weighted by Crippen LogP contribution is 2.16. The predicted octanol–water partition coefficient (Wildman–Crippen LogP) is 3.55. The number of benzene rings is 2. The fourth-order valence-corrected chi connectivity index (χ4v) is 1.80. The van der Waals surface area contributed by atoms with Crippen molar-refractivity contribution in [2.75, 3.05) is 0 Å². The first-order valence-electron chi connectivity index (χ1n) is 5.02. The van der Waals surface area contributed by atoms with Crippen LogP contribution < -0.4 is 0 Å². The van der Waals surface area contributed by atoms with Crippen LogP contribution >= 0.6 is 15.9 Å². The molecule has 3 heteroatoms. The van der Waals surface area contributed by atoms with E-state index in [2.05, 4.69) is 15.9 Å². The molecule has 0 aliphatic rings. The van der Waals surface area contributed by atoms with Gasteiger partial charge in [0.15, 0.2) is 5.78 Å². The minimum absolute atomic E-state index is 0.130. The standard InChI is InChI=1S/C14H8BrNO/c15-12-7-5-10(6-8-12)14(17)13-4-2-1-3-11(13)9-16/h1-8H. The van der Waals surface area contributed by atoms with Crippen molar-refractivity contribution in [2.24, 2.45) is 0 Å². The van der Waals surface area contributed by atoms with Gasteiger partial charge in [0.25, 0.3) is 0 Å². The van der Waals surface area contributed by atoms with Gasteiger partial charge in [0.05, 0.1) is 11.6 Å². The number of nitriles is 1. The van der Waals surface area contributed by atoms with Gasteiger partial charge in [-0.2, -0.15) is 5.26 Å². The number of nitrogens with zero attached hydrogens (tertiary/aromatic N) is 1. The van der Waals surface area contributed by atoms with E-state index >= 15 is 0 Å². The summed E-state index contributed by atoms with van der Waals surface area (Å²) in [5.41, 5.74) is 1.42. The summed E-state index contributed by atoms with van der Waals surface area (Å²) < 4.78 is 0.919. The molecule has 2 nitrogen and oxygen atoms in total. The molecule has 0 amide bonds. The maximum atomic E-state index is 12.2. The Morgan fingerprint density at radius 2 is 1.71 bits per heavy atom. The second-order valence-corrected chi connectivity index (χ2v) is 4.41. The first-order chi connectivity index (χ1) is 8.22. The maximum absolute atomic E-state index is 12.2. The molecule has 0 unspecified atom stereocenters. The minimum Gasteiger partial charge on any atom is -0.289 e. The van der Waals surface area contributed by atoms with Gasteiger partial charge in [-0.3, -0.25) is 4.79 Å². The van der Waals surface area contributed by atoms with E-state index in [1.165, 1.54) is 0 Å². The second-order valence-electron chi connectivity index (χ2n) is 3.49. The van der Waals surface area contributed by atoms with Gasteiger partial charge in [0, 0.05) is 15.6 Å². The Labute approximate surface area is 108 Å². The summed E-state index contributed by atoms with van der Waals surface area (Å²) in [6, 6.07) is 15.9. The zero-order chi connectivity index (χ0) is 12.3. The van der Waals surface area contributed by atoms with Crippen molar-refractivity contribution in [3.05, 3.63) is 69.7 Å². The molecule has 0 fully saturated rings. The third kappa shape index (κ3) is 2.43. The van der Waals surface area contributed by atoms with Gasteiger partial charge in [-0.05, 0) is 36.4 Å². The van der Waals surface area contributed by atoms with E-state index in [1.54, 1.807) is 36.4 Å². The third-order valence-corrected chi connectivity index (χ3v) is 2.93. The van der Waals surface area contributed by atoms with E-state index in [1.807, 2.05) is 18.2 Å². The first-order valence-corrected chi connectivity index (χ1v) is 5.81. The summed E-state index contributed by atoms with van der Waals surface area (Å²) in [4.78, 5) is 12.2. The summed E-state index contributed by atoms with van der Waals surface area (Å²) in [6.45, 7) is 0. The third-order valence-electron chi connectivity index (χ3n) is 2.40. The molecule has 82 valence electrons. The van der Waals surface area contributed by atoms with Crippen molar-refractivity contribution < 1.29 is 4.79 Å². The van der Waals surface area contributed by atoms with Crippen LogP contribution in [0.5, 0.6) is 0 Å². The molecule has 0 aliphatic carbocycles. The number of halogens is 1. The lowest BCUT2D eigenvalue weighted by molar-refractivity contribution is 0.103. The van der Waals surface area contributed by atoms with Crippen LogP contribution in [0.4, 0.5) is 0 Å². The highest BCUT2D eigenvalue weighted by atomic mass is 79.9. The number of carbonyl (C=O) groups is 1. The zero-order valence-corrected chi connectivity index (χ0v) is 10.4. The fourth-order valence-electron chi connectivity index (χ4n) is 1.54. The lowest BCUT2D eigenvalue weighted by atomic mass is 9.99. The van der Waals surface area contributed by atoms with Gasteiger partial charge in [-0.25, -0.2) is 0 Å². The highest BCUT2D eigenvalue weighted by molar-refractivity contribution is 9.10. The Hall–Kier alpha value is -1.92. The van der Waals surface area contributed by atoms with Crippen molar-refractivity contribution in [3.63, 3.8) is 0 Å². The van der Waals surface area contributed by atoms with Crippen molar-refractivity contribution in [1.29, 1.82) is 5.26 Å². The molecule has 0 saturated heterocycles. The van der Waals surface area contributed by atoms with Crippen LogP contribution in [0, 0.1) is 11.3 Å². The molecule has 0 heterocycles. The van der Waals surface area contributed by atoms with Crippen molar-refractivity contribution in [2.45, 2.75) is 0 Å². The number of rotatable bonds is 2. The summed E-state index contributed by atoms with van der Waals surface area (Å²) in [5, 5.41) is 8.95. The molecule has 0 N–H and O–H groups in total. The van der Waals surface area contributed by atoms with Crippen molar-refractivity contribution in [3.8, 4) is 6.07 Å². The normalized spacial score (nSPS) is 9.65. The Morgan fingerprint density at radius 1 is 1.06 bits per heavy atom. The molecule has 2 aromatic rings. The number of hydrogen-bond donors (Lipinski definition) is 0. The molecule has 0 aromatic heterocycles. The number of ketones is 1. The van der Waals surface area contributed by atoms with Gasteiger partial charge in [0.1, 0.15) is 0 Å². The lowest BCUT2D eigenvalue weighted by Crippen LogP contribution is -2.03. The van der Waals surface area contributed by atoms with Crippen molar-refractivity contribution in [1.82, 2.24) is 0 Å². The molecule has 0 bridgehead atoms. The van der Waals surface area contributed by atoms with Crippen molar-refractivity contribution >= 4 is 21.7 Å². The molecule has 0 aliphatic heterocycles. The Kier molecular flexibility index (Phi) is 3.36. The van der Waals surface area contributed by atoms with Crippen LogP contribution in [-0.2, 0) is 0 Å². The van der Waals surface area contributed by atoms with E-state index in [-0.39, 0.29) is 5.78 Å². The molecule has 2 aromatic carbocycles. The first kappa shape index (κ1) is 11.6. The SMILES string of the molecule is N#Cc1ccccc1C(=O)c1ccc(Br)cc1. The van der Waals surface area contributed by atoms with E-state index in [0.29, 0.717) is 16.7 Å². The average Bonchev–Trinajstić information content (AvgIpc) is 2.39. The molecule has 2 rings (SSSR count).